The first-order valence-electron chi connectivity index (χ1n) is 10.1. The summed E-state index contributed by atoms with van der Waals surface area (Å²) in [5, 5.41) is 14.9. The van der Waals surface area contributed by atoms with E-state index in [2.05, 4.69) is 15.3 Å². The molecule has 0 atom stereocenters. The van der Waals surface area contributed by atoms with Crippen LogP contribution in [0.15, 0.2) is 83.9 Å². The van der Waals surface area contributed by atoms with Crippen molar-refractivity contribution in [1.29, 1.82) is 0 Å². The minimum atomic E-state index is -1.22. The van der Waals surface area contributed by atoms with Gasteiger partial charge in [0.05, 0.1) is 16.6 Å². The zero-order chi connectivity index (χ0) is 22.9. The zero-order valence-corrected chi connectivity index (χ0v) is 18.0. The number of aromatic carboxylic acids is 1. The van der Waals surface area contributed by atoms with E-state index < -0.39 is 5.97 Å². The van der Waals surface area contributed by atoms with E-state index in [1.54, 1.807) is 47.0 Å². The average Bonchev–Trinajstić information content (AvgIpc) is 2.83. The molecule has 3 aromatic carbocycles. The van der Waals surface area contributed by atoms with Crippen LogP contribution in [0.2, 0.25) is 5.02 Å². The van der Waals surface area contributed by atoms with Crippen LogP contribution in [0.4, 0.5) is 5.82 Å². The highest BCUT2D eigenvalue weighted by atomic mass is 35.5. The standard InChI is InChI=1S/C25H17ClN4O3/c26-15-10-11-18-21(12-15)30(16-6-2-1-3-7-16)22(25(32)33)19(23(18)31)13-27-24-17-8-4-5-9-20(17)28-14-29-24/h1-12,14H,13H2,(H,32,33)(H,27,28,29). The monoisotopic (exact) mass is 456 g/mol. The van der Waals surface area contributed by atoms with Crippen LogP contribution < -0.4 is 10.7 Å². The topological polar surface area (TPSA) is 97.1 Å². The van der Waals surface area contributed by atoms with Gasteiger partial charge in [0.2, 0.25) is 0 Å². The molecule has 5 aromatic rings. The number of anilines is 1. The number of halogens is 1. The number of carboxylic acid groups (broad SMARTS) is 1. The quantitative estimate of drug-likeness (QED) is 0.390. The number of aromatic nitrogens is 3. The minimum Gasteiger partial charge on any atom is -0.477 e. The molecule has 162 valence electrons. The molecule has 0 radical (unpaired) electrons. The average molecular weight is 457 g/mol. The molecule has 2 N–H and O–H groups in total. The van der Waals surface area contributed by atoms with Gasteiger partial charge in [-0.25, -0.2) is 14.8 Å². The number of rotatable bonds is 5. The number of hydrogen-bond acceptors (Lipinski definition) is 5. The highest BCUT2D eigenvalue weighted by molar-refractivity contribution is 6.31. The van der Waals surface area contributed by atoms with Crippen LogP contribution >= 0.6 is 11.6 Å². The number of pyridine rings is 1. The van der Waals surface area contributed by atoms with Gasteiger partial charge in [-0.2, -0.15) is 0 Å². The Bertz CT molecular complexity index is 1580. The van der Waals surface area contributed by atoms with Crippen LogP contribution in [0.5, 0.6) is 0 Å². The van der Waals surface area contributed by atoms with Crippen molar-refractivity contribution in [3.8, 4) is 5.69 Å². The lowest BCUT2D eigenvalue weighted by Crippen LogP contribution is -2.25. The molecule has 33 heavy (non-hydrogen) atoms. The molecule has 0 bridgehead atoms. The summed E-state index contributed by atoms with van der Waals surface area (Å²) in [6.45, 7) is -0.0348. The lowest BCUT2D eigenvalue weighted by atomic mass is 10.1. The number of fused-ring (bicyclic) bond motifs is 2. The number of hydrogen-bond donors (Lipinski definition) is 2. The molecule has 8 heteroatoms. The Morgan fingerprint density at radius 3 is 2.52 bits per heavy atom. The van der Waals surface area contributed by atoms with Gasteiger partial charge < -0.3 is 15.0 Å². The lowest BCUT2D eigenvalue weighted by molar-refractivity contribution is 0.0686. The maximum atomic E-state index is 13.4. The smallest absolute Gasteiger partial charge is 0.353 e. The molecule has 0 spiro atoms. The predicted molar refractivity (Wildman–Crippen MR) is 128 cm³/mol. The highest BCUT2D eigenvalue weighted by Gasteiger charge is 2.23. The minimum absolute atomic E-state index is 0.0348. The molecule has 0 saturated heterocycles. The van der Waals surface area contributed by atoms with Crippen molar-refractivity contribution in [1.82, 2.24) is 14.5 Å². The van der Waals surface area contributed by atoms with Gasteiger partial charge in [-0.1, -0.05) is 41.9 Å². The van der Waals surface area contributed by atoms with Gasteiger partial charge in [0.25, 0.3) is 0 Å². The molecule has 0 saturated carbocycles. The van der Waals surface area contributed by atoms with Crippen LogP contribution in [0.25, 0.3) is 27.5 Å². The maximum Gasteiger partial charge on any atom is 0.353 e. The van der Waals surface area contributed by atoms with Crippen molar-refractivity contribution in [2.45, 2.75) is 6.54 Å². The number of benzene rings is 3. The molecule has 0 aliphatic rings. The summed E-state index contributed by atoms with van der Waals surface area (Å²) in [6.07, 6.45) is 1.42. The van der Waals surface area contributed by atoms with E-state index in [1.807, 2.05) is 30.3 Å². The third kappa shape index (κ3) is 3.68. The van der Waals surface area contributed by atoms with Gasteiger partial charge in [-0.3, -0.25) is 4.79 Å². The van der Waals surface area contributed by atoms with Crippen LogP contribution in [-0.4, -0.2) is 25.6 Å². The number of nitrogens with one attached hydrogen (secondary N) is 1. The second kappa shape index (κ2) is 8.37. The highest BCUT2D eigenvalue weighted by Crippen LogP contribution is 2.26. The van der Waals surface area contributed by atoms with E-state index in [9.17, 15) is 14.7 Å². The summed E-state index contributed by atoms with van der Waals surface area (Å²) in [5.74, 6) is -0.707. The molecule has 0 amide bonds. The first-order valence-corrected chi connectivity index (χ1v) is 10.5. The fraction of sp³-hybridized carbons (Fsp3) is 0.0400. The van der Waals surface area contributed by atoms with Gasteiger partial charge in [0, 0.05) is 28.0 Å². The van der Waals surface area contributed by atoms with Crippen molar-refractivity contribution in [2.24, 2.45) is 0 Å². The van der Waals surface area contributed by atoms with E-state index in [4.69, 9.17) is 11.6 Å². The summed E-state index contributed by atoms with van der Waals surface area (Å²) < 4.78 is 1.56. The Labute approximate surface area is 192 Å². The molecule has 0 fully saturated rings. The van der Waals surface area contributed by atoms with Gasteiger partial charge in [0.1, 0.15) is 17.8 Å². The fourth-order valence-corrected chi connectivity index (χ4v) is 4.13. The molecule has 0 unspecified atom stereocenters. The molecular weight excluding hydrogens is 440 g/mol. The van der Waals surface area contributed by atoms with Crippen LogP contribution in [0, 0.1) is 0 Å². The third-order valence-corrected chi connectivity index (χ3v) is 5.66. The van der Waals surface area contributed by atoms with Crippen molar-refractivity contribution in [3.05, 3.63) is 106 Å². The summed E-state index contributed by atoms with van der Waals surface area (Å²) in [7, 11) is 0. The van der Waals surface area contributed by atoms with Crippen LogP contribution in [-0.2, 0) is 6.54 Å². The largest absolute Gasteiger partial charge is 0.477 e. The van der Waals surface area contributed by atoms with E-state index in [1.165, 1.54) is 6.33 Å². The molecule has 5 rings (SSSR count). The summed E-state index contributed by atoms with van der Waals surface area (Å²) in [4.78, 5) is 34.4. The van der Waals surface area contributed by atoms with E-state index in [0.29, 0.717) is 27.4 Å². The van der Waals surface area contributed by atoms with E-state index in [0.717, 1.165) is 10.9 Å². The van der Waals surface area contributed by atoms with Gasteiger partial charge >= 0.3 is 5.97 Å². The Kier molecular flexibility index (Phi) is 5.24. The first kappa shape index (κ1) is 20.7. The molecule has 2 aromatic heterocycles. The Morgan fingerprint density at radius 1 is 0.970 bits per heavy atom. The zero-order valence-electron chi connectivity index (χ0n) is 17.2. The number of para-hydroxylation sites is 2. The van der Waals surface area contributed by atoms with Crippen molar-refractivity contribution >= 4 is 45.2 Å². The Hall–Kier alpha value is -4.23. The van der Waals surface area contributed by atoms with Crippen LogP contribution in [0.3, 0.4) is 0 Å². The Balaban J connectivity index is 1.74. The number of carboxylic acids is 1. The van der Waals surface area contributed by atoms with E-state index >= 15 is 0 Å². The van der Waals surface area contributed by atoms with Gasteiger partial charge in [-0.15, -0.1) is 0 Å². The molecule has 2 heterocycles. The SMILES string of the molecule is O=C(O)c1c(CNc2ncnc3ccccc23)c(=O)c2ccc(Cl)cc2n1-c1ccccc1. The second-order valence-electron chi connectivity index (χ2n) is 7.39. The van der Waals surface area contributed by atoms with Crippen molar-refractivity contribution in [3.63, 3.8) is 0 Å². The molecular formula is C25H17ClN4O3. The first-order chi connectivity index (χ1) is 16.0. The number of carbonyl (C=O) groups is 1. The molecule has 7 nitrogen and oxygen atoms in total. The summed E-state index contributed by atoms with van der Waals surface area (Å²) in [6, 6.07) is 21.3. The normalized spacial score (nSPS) is 11.1. The van der Waals surface area contributed by atoms with Gasteiger partial charge in [0.15, 0.2) is 5.43 Å². The van der Waals surface area contributed by atoms with Gasteiger partial charge in [-0.05, 0) is 42.5 Å². The fourth-order valence-electron chi connectivity index (χ4n) is 3.96. The second-order valence-corrected chi connectivity index (χ2v) is 7.82. The summed E-state index contributed by atoms with van der Waals surface area (Å²) >= 11 is 6.21. The lowest BCUT2D eigenvalue weighted by Gasteiger charge is -2.19. The maximum absolute atomic E-state index is 13.4. The molecule has 0 aliphatic carbocycles. The number of nitrogens with zero attached hydrogens (tertiary/aromatic N) is 3. The van der Waals surface area contributed by atoms with Crippen molar-refractivity contribution in [2.75, 3.05) is 5.32 Å². The summed E-state index contributed by atoms with van der Waals surface area (Å²) in [5.41, 5.74) is 1.37. The van der Waals surface area contributed by atoms with Crippen molar-refractivity contribution < 1.29 is 9.90 Å². The van der Waals surface area contributed by atoms with E-state index in [-0.39, 0.29) is 23.2 Å². The Morgan fingerprint density at radius 2 is 1.73 bits per heavy atom. The predicted octanol–water partition coefficient (Wildman–Crippen LogP) is 4.90. The molecule has 0 aliphatic heterocycles. The van der Waals surface area contributed by atoms with Crippen LogP contribution in [0.1, 0.15) is 16.1 Å². The third-order valence-electron chi connectivity index (χ3n) is 5.42.